The third-order valence-electron chi connectivity index (χ3n) is 5.03. The summed E-state index contributed by atoms with van der Waals surface area (Å²) >= 11 is 6.59. The largest absolute Gasteiger partial charge is 0.378 e. The molecule has 9 heteroatoms. The van der Waals surface area contributed by atoms with Crippen molar-refractivity contribution in [2.24, 2.45) is 0 Å². The lowest BCUT2D eigenvalue weighted by Crippen LogP contribution is -2.17. The molecule has 0 radical (unpaired) electrons. The third-order valence-corrected chi connectivity index (χ3v) is 5.34. The highest BCUT2D eigenvalue weighted by Gasteiger charge is 2.14. The van der Waals surface area contributed by atoms with Crippen molar-refractivity contribution in [2.45, 2.75) is 20.4 Å². The number of rotatable bonds is 4. The molecule has 5 aromatic rings. The number of fused-ring (bicyclic) bond motifs is 3. The maximum atomic E-state index is 12.3. The summed E-state index contributed by atoms with van der Waals surface area (Å²) in [6, 6.07) is 9.83. The molecule has 8 nitrogen and oxygen atoms in total. The Hall–Kier alpha value is -3.65. The third kappa shape index (κ3) is 3.11. The number of hydrogen-bond donors (Lipinski definition) is 3. The lowest BCUT2D eigenvalue weighted by atomic mass is 9.98. The molecule has 3 N–H and O–H groups in total. The highest BCUT2D eigenvalue weighted by molar-refractivity contribution is 6.34. The van der Waals surface area contributed by atoms with Crippen LogP contribution in [0.5, 0.6) is 0 Å². The fraction of sp³-hybridized carbons (Fsp3) is 0.143. The molecule has 0 bridgehead atoms. The van der Waals surface area contributed by atoms with Crippen LogP contribution in [0.15, 0.2) is 47.5 Å². The van der Waals surface area contributed by atoms with Crippen LogP contribution in [-0.4, -0.2) is 29.5 Å². The van der Waals surface area contributed by atoms with Gasteiger partial charge >= 0.3 is 5.69 Å². The van der Waals surface area contributed by atoms with Crippen molar-refractivity contribution >= 4 is 33.8 Å². The Labute approximate surface area is 176 Å². The van der Waals surface area contributed by atoms with E-state index in [4.69, 9.17) is 11.6 Å². The predicted molar refractivity (Wildman–Crippen MR) is 117 cm³/mol. The maximum Gasteiger partial charge on any atom is 0.348 e. The van der Waals surface area contributed by atoms with Crippen LogP contribution in [0.3, 0.4) is 0 Å². The standard InChI is InChI=1S/C21H18ClN7O/c1-11-7-13(25-10-19-23-5-6-24-19)3-4-14(11)15-8-16-18(9-17(15)22)27-21(30)29-20(16)26-12(2)28-29/h3-9,25H,10H2,1-2H3,(H,23,24)(H,27,30). The van der Waals surface area contributed by atoms with Crippen molar-refractivity contribution in [1.29, 1.82) is 0 Å². The Morgan fingerprint density at radius 2 is 2.03 bits per heavy atom. The maximum absolute atomic E-state index is 12.3. The number of benzene rings is 2. The van der Waals surface area contributed by atoms with E-state index < -0.39 is 0 Å². The van der Waals surface area contributed by atoms with Crippen LogP contribution in [0.2, 0.25) is 5.02 Å². The second-order valence-electron chi connectivity index (χ2n) is 7.12. The number of nitrogens with one attached hydrogen (secondary N) is 3. The first-order chi connectivity index (χ1) is 14.5. The average molecular weight is 420 g/mol. The monoisotopic (exact) mass is 419 g/mol. The fourth-order valence-corrected chi connectivity index (χ4v) is 3.89. The van der Waals surface area contributed by atoms with E-state index in [1.54, 1.807) is 25.4 Å². The summed E-state index contributed by atoms with van der Waals surface area (Å²) in [4.78, 5) is 26.8. The first-order valence-corrected chi connectivity index (χ1v) is 9.79. The number of hydrogen-bond acceptors (Lipinski definition) is 5. The van der Waals surface area contributed by atoms with Crippen molar-refractivity contribution in [3.63, 3.8) is 0 Å². The van der Waals surface area contributed by atoms with Crippen LogP contribution in [0.1, 0.15) is 17.2 Å². The van der Waals surface area contributed by atoms with Gasteiger partial charge in [0.15, 0.2) is 5.65 Å². The first-order valence-electron chi connectivity index (χ1n) is 9.41. The van der Waals surface area contributed by atoms with E-state index in [9.17, 15) is 4.79 Å². The Bertz CT molecular complexity index is 1450. The highest BCUT2D eigenvalue weighted by Crippen LogP contribution is 2.35. The van der Waals surface area contributed by atoms with E-state index in [2.05, 4.69) is 36.4 Å². The van der Waals surface area contributed by atoms with E-state index in [0.29, 0.717) is 28.6 Å². The van der Waals surface area contributed by atoms with Gasteiger partial charge in [-0.3, -0.25) is 0 Å². The fourth-order valence-electron chi connectivity index (χ4n) is 3.62. The summed E-state index contributed by atoms with van der Waals surface area (Å²) in [7, 11) is 0. The lowest BCUT2D eigenvalue weighted by Gasteiger charge is -2.13. The molecule has 0 saturated carbocycles. The molecule has 0 aliphatic carbocycles. The summed E-state index contributed by atoms with van der Waals surface area (Å²) < 4.78 is 1.28. The normalized spacial score (nSPS) is 11.4. The van der Waals surface area contributed by atoms with Gasteiger partial charge < -0.3 is 15.3 Å². The minimum atomic E-state index is -0.343. The molecule has 3 aromatic heterocycles. The molecular formula is C21H18ClN7O. The molecule has 30 heavy (non-hydrogen) atoms. The van der Waals surface area contributed by atoms with E-state index in [1.165, 1.54) is 4.52 Å². The average Bonchev–Trinajstić information content (AvgIpc) is 3.36. The molecule has 0 amide bonds. The van der Waals surface area contributed by atoms with Crippen molar-refractivity contribution in [3.05, 3.63) is 75.4 Å². The van der Waals surface area contributed by atoms with Crippen molar-refractivity contribution in [1.82, 2.24) is 29.5 Å². The van der Waals surface area contributed by atoms with Gasteiger partial charge in [0.2, 0.25) is 0 Å². The van der Waals surface area contributed by atoms with Gasteiger partial charge in [-0.1, -0.05) is 17.7 Å². The number of imidazole rings is 1. The SMILES string of the molecule is Cc1nc2c3cc(-c4ccc(NCc5ncc[nH]5)cc4C)c(Cl)cc3[nH]c(=O)n2n1. The van der Waals surface area contributed by atoms with Crippen LogP contribution in [0.4, 0.5) is 5.69 Å². The molecule has 0 spiro atoms. The lowest BCUT2D eigenvalue weighted by molar-refractivity contribution is 0.863. The summed E-state index contributed by atoms with van der Waals surface area (Å²) in [5, 5.41) is 8.87. The number of aromatic amines is 2. The van der Waals surface area contributed by atoms with Gasteiger partial charge in [-0.2, -0.15) is 4.52 Å². The smallest absolute Gasteiger partial charge is 0.348 e. The second-order valence-corrected chi connectivity index (χ2v) is 7.53. The Balaban J connectivity index is 1.58. The second kappa shape index (κ2) is 7.00. The summed E-state index contributed by atoms with van der Waals surface area (Å²) in [6.45, 7) is 4.41. The number of nitrogens with zero attached hydrogens (tertiary/aromatic N) is 4. The van der Waals surface area contributed by atoms with E-state index in [1.807, 2.05) is 25.1 Å². The first kappa shape index (κ1) is 18.4. The zero-order valence-electron chi connectivity index (χ0n) is 16.3. The van der Waals surface area contributed by atoms with Crippen molar-refractivity contribution in [3.8, 4) is 11.1 Å². The zero-order chi connectivity index (χ0) is 20.8. The Morgan fingerprint density at radius 1 is 1.17 bits per heavy atom. The molecular weight excluding hydrogens is 402 g/mol. The summed E-state index contributed by atoms with van der Waals surface area (Å²) in [5.74, 6) is 1.41. The van der Waals surface area contributed by atoms with Crippen LogP contribution >= 0.6 is 11.6 Å². The number of aromatic nitrogens is 6. The van der Waals surface area contributed by atoms with Crippen LogP contribution in [0, 0.1) is 13.8 Å². The van der Waals surface area contributed by atoms with Gasteiger partial charge in [0.25, 0.3) is 0 Å². The molecule has 0 aliphatic heterocycles. The molecule has 0 unspecified atom stereocenters. The van der Waals surface area contributed by atoms with E-state index in [-0.39, 0.29) is 5.69 Å². The Morgan fingerprint density at radius 3 is 2.80 bits per heavy atom. The molecule has 0 fully saturated rings. The number of H-pyrrole nitrogens is 2. The van der Waals surface area contributed by atoms with E-state index in [0.717, 1.165) is 33.6 Å². The molecule has 0 atom stereocenters. The zero-order valence-corrected chi connectivity index (χ0v) is 17.1. The van der Waals surface area contributed by atoms with Gasteiger partial charge in [-0.25, -0.2) is 14.8 Å². The van der Waals surface area contributed by atoms with Gasteiger partial charge in [0.1, 0.15) is 11.6 Å². The van der Waals surface area contributed by atoms with Crippen molar-refractivity contribution in [2.75, 3.05) is 5.32 Å². The Kier molecular flexibility index (Phi) is 4.29. The summed E-state index contributed by atoms with van der Waals surface area (Å²) in [6.07, 6.45) is 3.53. The molecule has 150 valence electrons. The minimum Gasteiger partial charge on any atom is -0.378 e. The quantitative estimate of drug-likeness (QED) is 0.410. The number of halogens is 1. The van der Waals surface area contributed by atoms with E-state index >= 15 is 0 Å². The molecule has 2 aromatic carbocycles. The summed E-state index contributed by atoms with van der Waals surface area (Å²) in [5.41, 5.74) is 4.73. The predicted octanol–water partition coefficient (Wildman–Crippen LogP) is 3.84. The molecule has 5 rings (SSSR count). The van der Waals surface area contributed by atoms with Crippen LogP contribution in [0.25, 0.3) is 27.7 Å². The number of anilines is 1. The highest BCUT2D eigenvalue weighted by atomic mass is 35.5. The van der Waals surface area contributed by atoms with Gasteiger partial charge in [-0.15, -0.1) is 5.10 Å². The van der Waals surface area contributed by atoms with Crippen molar-refractivity contribution < 1.29 is 0 Å². The minimum absolute atomic E-state index is 0.343. The van der Waals surface area contributed by atoms with Gasteiger partial charge in [-0.05, 0) is 49.2 Å². The molecule has 0 saturated heterocycles. The van der Waals surface area contributed by atoms with Crippen LogP contribution < -0.4 is 11.0 Å². The van der Waals surface area contributed by atoms with Gasteiger partial charge in [0, 0.05) is 29.0 Å². The number of aryl methyl sites for hydroxylation is 2. The molecule has 0 aliphatic rings. The van der Waals surface area contributed by atoms with Crippen LogP contribution in [-0.2, 0) is 6.54 Å². The molecule has 3 heterocycles. The van der Waals surface area contributed by atoms with Gasteiger partial charge in [0.05, 0.1) is 17.1 Å². The topological polar surface area (TPSA) is 104 Å².